The molecule has 0 aromatic heterocycles. The van der Waals surface area contributed by atoms with Crippen molar-refractivity contribution in [2.24, 2.45) is 0 Å². The number of nitrogens with one attached hydrogen (secondary N) is 1. The molecule has 0 bridgehead atoms. The Balaban J connectivity index is 1.66. The van der Waals surface area contributed by atoms with E-state index in [-0.39, 0.29) is 29.7 Å². The third-order valence-electron chi connectivity index (χ3n) is 5.35. The fourth-order valence-corrected chi connectivity index (χ4v) is 5.67. The van der Waals surface area contributed by atoms with Crippen LogP contribution in [0.4, 0.5) is 13.2 Å². The van der Waals surface area contributed by atoms with E-state index in [0.717, 1.165) is 12.1 Å². The summed E-state index contributed by atoms with van der Waals surface area (Å²) in [6.07, 6.45) is -3.35. The van der Waals surface area contributed by atoms with Crippen LogP contribution in [0.25, 0.3) is 0 Å². The van der Waals surface area contributed by atoms with Crippen LogP contribution in [0.15, 0.2) is 47.4 Å². The number of ether oxygens (including phenoxy) is 1. The van der Waals surface area contributed by atoms with E-state index >= 15 is 0 Å². The van der Waals surface area contributed by atoms with Gasteiger partial charge in [-0.25, -0.2) is 8.42 Å². The first-order valence-electron chi connectivity index (χ1n) is 9.58. The van der Waals surface area contributed by atoms with E-state index in [1.165, 1.54) is 19.2 Å². The highest BCUT2D eigenvalue weighted by Gasteiger charge is 2.35. The Morgan fingerprint density at radius 1 is 1.10 bits per heavy atom. The number of benzene rings is 2. The molecular weight excluding hydrogens is 455 g/mol. The van der Waals surface area contributed by atoms with Gasteiger partial charge in [-0.2, -0.15) is 13.2 Å². The van der Waals surface area contributed by atoms with Crippen LogP contribution in [0.1, 0.15) is 41.6 Å². The minimum atomic E-state index is -4.61. The summed E-state index contributed by atoms with van der Waals surface area (Å²) in [7, 11) is -2.49. The quantitative estimate of drug-likeness (QED) is 0.668. The van der Waals surface area contributed by atoms with Crippen molar-refractivity contribution in [1.29, 1.82) is 0 Å². The zero-order valence-corrected chi connectivity index (χ0v) is 18.2. The van der Waals surface area contributed by atoms with Crippen molar-refractivity contribution in [2.45, 2.75) is 48.0 Å². The predicted octanol–water partition coefficient (Wildman–Crippen LogP) is 4.88. The van der Waals surface area contributed by atoms with E-state index in [1.807, 2.05) is 0 Å². The van der Waals surface area contributed by atoms with Crippen LogP contribution in [-0.4, -0.2) is 32.7 Å². The van der Waals surface area contributed by atoms with Crippen molar-refractivity contribution in [2.75, 3.05) is 7.11 Å². The zero-order valence-electron chi connectivity index (χ0n) is 16.6. The lowest BCUT2D eigenvalue weighted by atomic mass is 9.94. The topological polar surface area (TPSA) is 72.5 Å². The maximum Gasteiger partial charge on any atom is 0.416 e. The molecule has 2 aromatic carbocycles. The van der Waals surface area contributed by atoms with Crippen LogP contribution >= 0.6 is 11.6 Å². The number of alkyl halides is 3. The molecule has 1 amide bonds. The zero-order chi connectivity index (χ0) is 22.8. The molecule has 1 saturated carbocycles. The fraction of sp³-hybridized carbons (Fsp3) is 0.381. The molecule has 168 valence electrons. The number of methoxy groups -OCH3 is 1. The maximum absolute atomic E-state index is 12.9. The second kappa shape index (κ2) is 9.08. The predicted molar refractivity (Wildman–Crippen MR) is 110 cm³/mol. The van der Waals surface area contributed by atoms with Gasteiger partial charge in [0.2, 0.25) is 0 Å². The number of rotatable bonds is 5. The number of halogens is 4. The molecule has 10 heteroatoms. The third-order valence-corrected chi connectivity index (χ3v) is 7.84. The molecule has 0 radical (unpaired) electrons. The first-order valence-corrected chi connectivity index (χ1v) is 11.5. The molecule has 0 heterocycles. The van der Waals surface area contributed by atoms with Crippen molar-refractivity contribution in [3.63, 3.8) is 0 Å². The maximum atomic E-state index is 12.9. The van der Waals surface area contributed by atoms with E-state index in [2.05, 4.69) is 5.32 Å². The summed E-state index contributed by atoms with van der Waals surface area (Å²) in [6.45, 7) is 0. The highest BCUT2D eigenvalue weighted by molar-refractivity contribution is 7.92. The molecule has 31 heavy (non-hydrogen) atoms. The van der Waals surface area contributed by atoms with Gasteiger partial charge < -0.3 is 10.1 Å². The standard InChI is InChI=1S/C21H21ClF3NO4S/c1-30-19-12-14(22)5-10-18(19)20(27)26-15-6-8-16(9-7-15)31(28,29)17-4-2-3-13(11-17)21(23,24)25/h2-5,10-12,15-16H,6-9H2,1H3,(H,26,27). The summed E-state index contributed by atoms with van der Waals surface area (Å²) < 4.78 is 69.7. The lowest BCUT2D eigenvalue weighted by molar-refractivity contribution is -0.137. The molecule has 0 atom stereocenters. The Morgan fingerprint density at radius 3 is 2.39 bits per heavy atom. The van der Waals surface area contributed by atoms with Gasteiger partial charge >= 0.3 is 6.18 Å². The molecule has 0 aliphatic heterocycles. The van der Waals surface area contributed by atoms with Gasteiger partial charge in [0.1, 0.15) is 5.75 Å². The van der Waals surface area contributed by atoms with E-state index in [9.17, 15) is 26.4 Å². The van der Waals surface area contributed by atoms with Gasteiger partial charge in [0.05, 0.1) is 28.4 Å². The second-order valence-electron chi connectivity index (χ2n) is 7.36. The summed E-state index contributed by atoms with van der Waals surface area (Å²) in [5.41, 5.74) is -0.683. The summed E-state index contributed by atoms with van der Waals surface area (Å²) in [4.78, 5) is 12.2. The van der Waals surface area contributed by atoms with Crippen LogP contribution < -0.4 is 10.1 Å². The summed E-state index contributed by atoms with van der Waals surface area (Å²) in [6, 6.07) is 8.19. The van der Waals surface area contributed by atoms with Gasteiger partial charge in [0.25, 0.3) is 5.91 Å². The number of hydrogen-bond donors (Lipinski definition) is 1. The number of carbonyl (C=O) groups excluding carboxylic acids is 1. The van der Waals surface area contributed by atoms with Crippen molar-refractivity contribution < 1.29 is 31.1 Å². The van der Waals surface area contributed by atoms with Crippen LogP contribution in [0, 0.1) is 0 Å². The number of hydrogen-bond acceptors (Lipinski definition) is 4. The van der Waals surface area contributed by atoms with Crippen molar-refractivity contribution in [3.8, 4) is 5.75 Å². The molecule has 1 aliphatic carbocycles. The Kier molecular flexibility index (Phi) is 6.85. The summed E-state index contributed by atoms with van der Waals surface area (Å²) in [5, 5.41) is 2.49. The van der Waals surface area contributed by atoms with Gasteiger partial charge in [-0.1, -0.05) is 17.7 Å². The molecule has 0 spiro atoms. The Bertz CT molecular complexity index is 1060. The van der Waals surface area contributed by atoms with Crippen molar-refractivity contribution in [3.05, 3.63) is 58.6 Å². The molecule has 0 unspecified atom stereocenters. The molecule has 1 aliphatic rings. The van der Waals surface area contributed by atoms with Crippen LogP contribution in [-0.2, 0) is 16.0 Å². The van der Waals surface area contributed by atoms with Crippen LogP contribution in [0.5, 0.6) is 5.75 Å². The normalized spacial score (nSPS) is 19.6. The SMILES string of the molecule is COc1cc(Cl)ccc1C(=O)NC1CCC(S(=O)(=O)c2cccc(C(F)(F)F)c2)CC1. The summed E-state index contributed by atoms with van der Waals surface area (Å²) >= 11 is 5.91. The average Bonchev–Trinajstić information content (AvgIpc) is 2.73. The smallest absolute Gasteiger partial charge is 0.416 e. The monoisotopic (exact) mass is 475 g/mol. The molecule has 1 fully saturated rings. The molecule has 2 aromatic rings. The highest BCUT2D eigenvalue weighted by atomic mass is 35.5. The largest absolute Gasteiger partial charge is 0.496 e. The molecule has 3 rings (SSSR count). The van der Waals surface area contributed by atoms with Crippen molar-refractivity contribution in [1.82, 2.24) is 5.32 Å². The first-order chi connectivity index (χ1) is 14.5. The van der Waals surface area contributed by atoms with E-state index in [0.29, 0.717) is 35.2 Å². The number of sulfone groups is 1. The van der Waals surface area contributed by atoms with E-state index in [4.69, 9.17) is 16.3 Å². The fourth-order valence-electron chi connectivity index (χ4n) is 3.68. The van der Waals surface area contributed by atoms with E-state index < -0.39 is 26.8 Å². The molecule has 5 nitrogen and oxygen atoms in total. The lowest BCUT2D eigenvalue weighted by Crippen LogP contribution is -2.40. The van der Waals surface area contributed by atoms with Crippen molar-refractivity contribution >= 4 is 27.3 Å². The second-order valence-corrected chi connectivity index (χ2v) is 10.0. The molecule has 0 saturated heterocycles. The van der Waals surface area contributed by atoms with E-state index in [1.54, 1.807) is 12.1 Å². The summed E-state index contributed by atoms with van der Waals surface area (Å²) in [5.74, 6) is -0.0384. The molecular formula is C21H21ClF3NO4S. The lowest BCUT2D eigenvalue weighted by Gasteiger charge is -2.29. The van der Waals surface area contributed by atoms with Gasteiger partial charge in [-0.05, 0) is 62.1 Å². The minimum absolute atomic E-state index is 0.237. The third kappa shape index (κ3) is 5.33. The molecule has 1 N–H and O–H groups in total. The van der Waals surface area contributed by atoms with Crippen LogP contribution in [0.3, 0.4) is 0 Å². The van der Waals surface area contributed by atoms with Gasteiger partial charge in [-0.15, -0.1) is 0 Å². The van der Waals surface area contributed by atoms with Crippen LogP contribution in [0.2, 0.25) is 5.02 Å². The van der Waals surface area contributed by atoms with Gasteiger partial charge in [0, 0.05) is 11.1 Å². The number of carbonyl (C=O) groups is 1. The average molecular weight is 476 g/mol. The Labute approximate surface area is 183 Å². The highest BCUT2D eigenvalue weighted by Crippen LogP contribution is 2.34. The van der Waals surface area contributed by atoms with Gasteiger partial charge in [-0.3, -0.25) is 4.79 Å². The minimum Gasteiger partial charge on any atom is -0.496 e. The Hall–Kier alpha value is -2.26. The first kappa shape index (κ1) is 23.4. The van der Waals surface area contributed by atoms with Gasteiger partial charge in [0.15, 0.2) is 9.84 Å². The number of amides is 1. The Morgan fingerprint density at radius 2 is 1.77 bits per heavy atom.